The zero-order valence-electron chi connectivity index (χ0n) is 17.7. The van der Waals surface area contributed by atoms with E-state index in [2.05, 4.69) is 4.90 Å². The number of rotatable bonds is 5. The van der Waals surface area contributed by atoms with Crippen LogP contribution in [-0.4, -0.2) is 51.0 Å². The third kappa shape index (κ3) is 3.43. The fraction of sp³-hybridized carbons (Fsp3) is 0.333. The molecule has 2 aromatic carbocycles. The van der Waals surface area contributed by atoms with Gasteiger partial charge in [-0.1, -0.05) is 18.2 Å². The molecule has 0 bridgehead atoms. The van der Waals surface area contributed by atoms with Gasteiger partial charge in [0.2, 0.25) is 0 Å². The van der Waals surface area contributed by atoms with Crippen molar-refractivity contribution in [1.82, 2.24) is 4.90 Å². The lowest BCUT2D eigenvalue weighted by Crippen LogP contribution is -2.37. The predicted octanol–water partition coefficient (Wildman–Crippen LogP) is 3.53. The number of nitrogens with zero attached hydrogens (tertiary/aromatic N) is 3. The molecule has 1 fully saturated rings. The van der Waals surface area contributed by atoms with Gasteiger partial charge in [-0.2, -0.15) is 0 Å². The molecule has 0 spiro atoms. The standard InChI is InChI=1S/C24H27N3O3/c1-25(2)17-11-13-18(14-12-17)27-23(28)21(19-9-5-6-10-20(19)30-3)22(24(27)29)26-15-7-4-8-16-26/h5-6,9-14H,4,7-8,15-16H2,1-3H3. The number of amides is 2. The van der Waals surface area contributed by atoms with Crippen LogP contribution < -0.4 is 14.5 Å². The van der Waals surface area contributed by atoms with Crippen LogP contribution in [0.15, 0.2) is 54.2 Å². The van der Waals surface area contributed by atoms with E-state index in [-0.39, 0.29) is 11.8 Å². The van der Waals surface area contributed by atoms with E-state index >= 15 is 0 Å². The highest BCUT2D eigenvalue weighted by Crippen LogP contribution is 2.39. The highest BCUT2D eigenvalue weighted by atomic mass is 16.5. The summed E-state index contributed by atoms with van der Waals surface area (Å²) in [6.07, 6.45) is 3.18. The lowest BCUT2D eigenvalue weighted by atomic mass is 10.0. The summed E-state index contributed by atoms with van der Waals surface area (Å²) < 4.78 is 5.52. The number of benzene rings is 2. The van der Waals surface area contributed by atoms with E-state index in [9.17, 15) is 9.59 Å². The average molecular weight is 405 g/mol. The van der Waals surface area contributed by atoms with E-state index in [1.807, 2.05) is 67.5 Å². The summed E-state index contributed by atoms with van der Waals surface area (Å²) in [6, 6.07) is 14.9. The number of likely N-dealkylation sites (tertiary alicyclic amines) is 1. The number of piperidine rings is 1. The Morgan fingerprint density at radius 3 is 2.17 bits per heavy atom. The molecule has 0 unspecified atom stereocenters. The number of carbonyl (C=O) groups excluding carboxylic acids is 2. The monoisotopic (exact) mass is 405 g/mol. The molecule has 1 saturated heterocycles. The quantitative estimate of drug-likeness (QED) is 0.713. The molecule has 2 aliphatic rings. The second-order valence-electron chi connectivity index (χ2n) is 7.83. The third-order valence-corrected chi connectivity index (χ3v) is 5.73. The molecule has 0 N–H and O–H groups in total. The number of para-hydroxylation sites is 1. The first kappa shape index (κ1) is 20.0. The Morgan fingerprint density at radius 2 is 1.53 bits per heavy atom. The molecule has 2 amide bonds. The van der Waals surface area contributed by atoms with Crippen molar-refractivity contribution in [2.45, 2.75) is 19.3 Å². The first-order valence-corrected chi connectivity index (χ1v) is 10.3. The average Bonchev–Trinajstić information content (AvgIpc) is 3.04. The SMILES string of the molecule is COc1ccccc1C1=C(N2CCCCC2)C(=O)N(c2ccc(N(C)C)cc2)C1=O. The largest absolute Gasteiger partial charge is 0.496 e. The molecule has 0 radical (unpaired) electrons. The Labute approximate surface area is 177 Å². The summed E-state index contributed by atoms with van der Waals surface area (Å²) >= 11 is 0. The molecule has 4 rings (SSSR count). The molecule has 6 heteroatoms. The van der Waals surface area contributed by atoms with Crippen LogP contribution in [-0.2, 0) is 9.59 Å². The van der Waals surface area contributed by atoms with Gasteiger partial charge in [0.25, 0.3) is 11.8 Å². The second-order valence-corrected chi connectivity index (χ2v) is 7.83. The molecule has 6 nitrogen and oxygen atoms in total. The van der Waals surface area contributed by atoms with Gasteiger partial charge in [-0.05, 0) is 49.6 Å². The first-order chi connectivity index (χ1) is 14.5. The van der Waals surface area contributed by atoms with E-state index in [1.54, 1.807) is 7.11 Å². The van der Waals surface area contributed by atoms with Crippen molar-refractivity contribution in [2.24, 2.45) is 0 Å². The van der Waals surface area contributed by atoms with Gasteiger partial charge in [0, 0.05) is 38.4 Å². The smallest absolute Gasteiger partial charge is 0.282 e. The number of methoxy groups -OCH3 is 1. The third-order valence-electron chi connectivity index (χ3n) is 5.73. The molecule has 0 atom stereocenters. The van der Waals surface area contributed by atoms with Crippen LogP contribution in [0.3, 0.4) is 0 Å². The Morgan fingerprint density at radius 1 is 0.867 bits per heavy atom. The van der Waals surface area contributed by atoms with Crippen molar-refractivity contribution < 1.29 is 14.3 Å². The molecule has 2 aromatic rings. The zero-order valence-corrected chi connectivity index (χ0v) is 17.7. The second kappa shape index (κ2) is 8.22. The minimum atomic E-state index is -0.303. The van der Waals surface area contributed by atoms with Crippen molar-refractivity contribution in [2.75, 3.05) is 44.1 Å². The number of imide groups is 1. The van der Waals surface area contributed by atoms with Crippen molar-refractivity contribution in [3.63, 3.8) is 0 Å². The minimum absolute atomic E-state index is 0.264. The molecule has 156 valence electrons. The van der Waals surface area contributed by atoms with Crippen LogP contribution in [0.25, 0.3) is 5.57 Å². The van der Waals surface area contributed by atoms with Crippen LogP contribution in [0.4, 0.5) is 11.4 Å². The van der Waals surface area contributed by atoms with Gasteiger partial charge in [0.15, 0.2) is 0 Å². The Hall–Kier alpha value is -3.28. The van der Waals surface area contributed by atoms with Gasteiger partial charge in [0.1, 0.15) is 11.4 Å². The van der Waals surface area contributed by atoms with Crippen molar-refractivity contribution in [3.8, 4) is 5.75 Å². The topological polar surface area (TPSA) is 53.1 Å². The first-order valence-electron chi connectivity index (χ1n) is 10.3. The lowest BCUT2D eigenvalue weighted by Gasteiger charge is -2.29. The van der Waals surface area contributed by atoms with Crippen LogP contribution in [0.1, 0.15) is 24.8 Å². The Bertz CT molecular complexity index is 989. The molecule has 0 aromatic heterocycles. The lowest BCUT2D eigenvalue weighted by molar-refractivity contribution is -0.120. The molecule has 2 aliphatic heterocycles. The molecule has 0 aliphatic carbocycles. The van der Waals surface area contributed by atoms with Crippen LogP contribution in [0, 0.1) is 0 Å². The summed E-state index contributed by atoms with van der Waals surface area (Å²) in [6.45, 7) is 1.56. The van der Waals surface area contributed by atoms with E-state index in [0.717, 1.165) is 38.0 Å². The van der Waals surface area contributed by atoms with Gasteiger partial charge in [-0.3, -0.25) is 9.59 Å². The minimum Gasteiger partial charge on any atom is -0.496 e. The van der Waals surface area contributed by atoms with Crippen molar-refractivity contribution in [1.29, 1.82) is 0 Å². The number of ether oxygens (including phenoxy) is 1. The molecular formula is C24H27N3O3. The maximum Gasteiger partial charge on any atom is 0.282 e. The van der Waals surface area contributed by atoms with Crippen LogP contribution in [0.5, 0.6) is 5.75 Å². The normalized spacial score (nSPS) is 17.0. The van der Waals surface area contributed by atoms with Gasteiger partial charge in [-0.25, -0.2) is 4.90 Å². The molecule has 30 heavy (non-hydrogen) atoms. The highest BCUT2D eigenvalue weighted by Gasteiger charge is 2.43. The van der Waals surface area contributed by atoms with E-state index in [4.69, 9.17) is 4.74 Å². The maximum absolute atomic E-state index is 13.6. The molecular weight excluding hydrogens is 378 g/mol. The van der Waals surface area contributed by atoms with Crippen LogP contribution >= 0.6 is 0 Å². The van der Waals surface area contributed by atoms with Crippen LogP contribution in [0.2, 0.25) is 0 Å². The van der Waals surface area contributed by atoms with Gasteiger partial charge >= 0.3 is 0 Å². The Kier molecular flexibility index (Phi) is 5.48. The van der Waals surface area contributed by atoms with Gasteiger partial charge in [-0.15, -0.1) is 0 Å². The summed E-state index contributed by atoms with van der Waals surface area (Å²) in [5.41, 5.74) is 3.16. The van der Waals surface area contributed by atoms with Crippen molar-refractivity contribution in [3.05, 3.63) is 59.8 Å². The summed E-state index contributed by atoms with van der Waals surface area (Å²) in [5, 5.41) is 0. The van der Waals surface area contributed by atoms with Gasteiger partial charge in [0.05, 0.1) is 18.4 Å². The number of anilines is 2. The predicted molar refractivity (Wildman–Crippen MR) is 119 cm³/mol. The fourth-order valence-electron chi connectivity index (χ4n) is 4.16. The molecule has 2 heterocycles. The highest BCUT2D eigenvalue weighted by molar-refractivity contribution is 6.45. The van der Waals surface area contributed by atoms with E-state index in [1.165, 1.54) is 4.90 Å². The Balaban J connectivity index is 1.81. The molecule has 0 saturated carbocycles. The van der Waals surface area contributed by atoms with Crippen molar-refractivity contribution >= 4 is 28.8 Å². The number of carbonyl (C=O) groups is 2. The number of hydrogen-bond acceptors (Lipinski definition) is 5. The zero-order chi connectivity index (χ0) is 21.3. The number of hydrogen-bond donors (Lipinski definition) is 0. The summed E-state index contributed by atoms with van der Waals surface area (Å²) in [4.78, 5) is 32.5. The summed E-state index contributed by atoms with van der Waals surface area (Å²) in [7, 11) is 5.49. The van der Waals surface area contributed by atoms with E-state index in [0.29, 0.717) is 28.3 Å². The fourth-order valence-corrected chi connectivity index (χ4v) is 4.16. The van der Waals surface area contributed by atoms with Gasteiger partial charge < -0.3 is 14.5 Å². The summed E-state index contributed by atoms with van der Waals surface area (Å²) in [5.74, 6) is 0.0241. The maximum atomic E-state index is 13.6. The van der Waals surface area contributed by atoms with E-state index < -0.39 is 0 Å².